The van der Waals surface area contributed by atoms with E-state index in [-0.39, 0.29) is 5.91 Å². The number of anilines is 2. The normalized spacial score (nSPS) is 25.5. The molecule has 2 rings (SSSR count). The van der Waals surface area contributed by atoms with Crippen molar-refractivity contribution in [2.75, 3.05) is 24.3 Å². The first-order valence-electron chi connectivity index (χ1n) is 7.39. The van der Waals surface area contributed by atoms with Gasteiger partial charge in [0.25, 0.3) is 0 Å². The van der Waals surface area contributed by atoms with E-state index in [4.69, 9.17) is 17.3 Å². The summed E-state index contributed by atoms with van der Waals surface area (Å²) in [4.78, 5) is 14.4. The number of benzene rings is 1. The van der Waals surface area contributed by atoms with Gasteiger partial charge in [-0.05, 0) is 37.0 Å². The van der Waals surface area contributed by atoms with Crippen molar-refractivity contribution in [1.29, 1.82) is 0 Å². The number of nitrogens with zero attached hydrogens (tertiary/aromatic N) is 1. The molecule has 5 heteroatoms. The molecule has 1 amide bonds. The molecule has 1 fully saturated rings. The molecule has 4 nitrogen and oxygen atoms in total. The van der Waals surface area contributed by atoms with Crippen LogP contribution in [0.2, 0.25) is 5.02 Å². The van der Waals surface area contributed by atoms with Crippen molar-refractivity contribution in [3.63, 3.8) is 0 Å². The summed E-state index contributed by atoms with van der Waals surface area (Å²) in [6.45, 7) is 2.15. The van der Waals surface area contributed by atoms with Gasteiger partial charge >= 0.3 is 0 Å². The maximum Gasteiger partial charge on any atom is 0.244 e. The molecule has 0 radical (unpaired) electrons. The summed E-state index contributed by atoms with van der Waals surface area (Å²) >= 11 is 6.23. The van der Waals surface area contributed by atoms with Gasteiger partial charge in [0.1, 0.15) is 0 Å². The summed E-state index contributed by atoms with van der Waals surface area (Å²) < 4.78 is 0. The van der Waals surface area contributed by atoms with E-state index in [1.807, 2.05) is 31.1 Å². The van der Waals surface area contributed by atoms with Gasteiger partial charge in [-0.2, -0.15) is 0 Å². The molecule has 0 spiro atoms. The van der Waals surface area contributed by atoms with Crippen LogP contribution in [0.25, 0.3) is 0 Å². The number of hydrogen-bond donors (Lipinski definition) is 2. The Balaban J connectivity index is 2.11. The maximum atomic E-state index is 12.5. The van der Waals surface area contributed by atoms with Gasteiger partial charge in [0.15, 0.2) is 0 Å². The molecular weight excluding hydrogens is 286 g/mol. The van der Waals surface area contributed by atoms with E-state index in [0.717, 1.165) is 31.4 Å². The summed E-state index contributed by atoms with van der Waals surface area (Å²) in [7, 11) is 3.86. The molecule has 0 aromatic heterocycles. The molecule has 0 saturated heterocycles. The van der Waals surface area contributed by atoms with E-state index in [9.17, 15) is 4.79 Å². The van der Waals surface area contributed by atoms with Crippen LogP contribution in [-0.4, -0.2) is 25.5 Å². The number of carbonyl (C=O) groups is 1. The first-order chi connectivity index (χ1) is 9.82. The van der Waals surface area contributed by atoms with Crippen LogP contribution in [0.5, 0.6) is 0 Å². The smallest absolute Gasteiger partial charge is 0.244 e. The lowest BCUT2D eigenvalue weighted by atomic mass is 9.76. The van der Waals surface area contributed by atoms with Crippen LogP contribution in [0.4, 0.5) is 11.4 Å². The number of rotatable bonds is 3. The van der Waals surface area contributed by atoms with Crippen LogP contribution in [0.3, 0.4) is 0 Å². The second-order valence-electron chi connectivity index (χ2n) is 6.37. The Bertz CT molecular complexity index is 532. The average Bonchev–Trinajstić information content (AvgIpc) is 2.37. The molecule has 1 aromatic rings. The third-order valence-corrected chi connectivity index (χ3v) is 4.47. The van der Waals surface area contributed by atoms with Crippen molar-refractivity contribution >= 4 is 28.9 Å². The molecule has 1 aromatic carbocycles. The number of nitrogens with two attached hydrogens (primary N) is 1. The highest BCUT2D eigenvalue weighted by atomic mass is 35.5. The number of halogens is 1. The molecule has 116 valence electrons. The Morgan fingerprint density at radius 2 is 2.19 bits per heavy atom. The standard InChI is InChI=1S/C16H24ClN3O/c1-11-5-4-8-16(18,10-11)15(21)19-12-6-7-14(20(2)3)13(17)9-12/h6-7,9,11H,4-5,8,10,18H2,1-3H3,(H,19,21). The fraction of sp³-hybridized carbons (Fsp3) is 0.562. The lowest BCUT2D eigenvalue weighted by molar-refractivity contribution is -0.122. The fourth-order valence-electron chi connectivity index (χ4n) is 3.00. The Morgan fingerprint density at radius 3 is 2.76 bits per heavy atom. The summed E-state index contributed by atoms with van der Waals surface area (Å²) in [6, 6.07) is 5.52. The lowest BCUT2D eigenvalue weighted by Gasteiger charge is -2.35. The topological polar surface area (TPSA) is 58.4 Å². The van der Waals surface area contributed by atoms with Gasteiger partial charge in [0, 0.05) is 19.8 Å². The Hall–Kier alpha value is -1.26. The van der Waals surface area contributed by atoms with Crippen molar-refractivity contribution in [2.24, 2.45) is 11.7 Å². The van der Waals surface area contributed by atoms with Crippen LogP contribution in [0, 0.1) is 5.92 Å². The van der Waals surface area contributed by atoms with E-state index < -0.39 is 5.54 Å². The summed E-state index contributed by atoms with van der Waals surface area (Å²) in [6.07, 6.45) is 3.63. The van der Waals surface area contributed by atoms with Gasteiger partial charge in [-0.25, -0.2) is 0 Å². The van der Waals surface area contributed by atoms with Crippen LogP contribution in [-0.2, 0) is 4.79 Å². The zero-order valence-electron chi connectivity index (χ0n) is 12.9. The predicted octanol–water partition coefficient (Wildman–Crippen LogP) is 3.25. The summed E-state index contributed by atoms with van der Waals surface area (Å²) in [5, 5.41) is 3.52. The van der Waals surface area contributed by atoms with Crippen molar-refractivity contribution in [3.8, 4) is 0 Å². The Kier molecular flexibility index (Phi) is 4.79. The average molecular weight is 310 g/mol. The van der Waals surface area contributed by atoms with Gasteiger partial charge < -0.3 is 16.0 Å². The van der Waals surface area contributed by atoms with Gasteiger partial charge in [-0.1, -0.05) is 31.4 Å². The zero-order valence-corrected chi connectivity index (χ0v) is 13.7. The van der Waals surface area contributed by atoms with Crippen molar-refractivity contribution in [2.45, 2.75) is 38.1 Å². The Labute approximate surface area is 131 Å². The predicted molar refractivity (Wildman–Crippen MR) is 89.0 cm³/mol. The van der Waals surface area contributed by atoms with Gasteiger partial charge in [-0.3, -0.25) is 4.79 Å². The molecule has 21 heavy (non-hydrogen) atoms. The third kappa shape index (κ3) is 3.69. The monoisotopic (exact) mass is 309 g/mol. The minimum atomic E-state index is -0.760. The molecule has 0 aliphatic heterocycles. The van der Waals surface area contributed by atoms with Crippen LogP contribution in [0.15, 0.2) is 18.2 Å². The minimum Gasteiger partial charge on any atom is -0.376 e. The highest BCUT2D eigenvalue weighted by Gasteiger charge is 2.37. The molecule has 1 aliphatic carbocycles. The van der Waals surface area contributed by atoms with E-state index in [2.05, 4.69) is 12.2 Å². The lowest BCUT2D eigenvalue weighted by Crippen LogP contribution is -2.53. The summed E-state index contributed by atoms with van der Waals surface area (Å²) in [5.41, 5.74) is 7.16. The van der Waals surface area contributed by atoms with Gasteiger partial charge in [-0.15, -0.1) is 0 Å². The molecule has 2 atom stereocenters. The van der Waals surface area contributed by atoms with E-state index in [0.29, 0.717) is 16.6 Å². The second-order valence-corrected chi connectivity index (χ2v) is 6.78. The summed E-state index contributed by atoms with van der Waals surface area (Å²) in [5.74, 6) is 0.386. The molecule has 1 saturated carbocycles. The SMILES string of the molecule is CC1CCCC(N)(C(=O)Nc2ccc(N(C)C)c(Cl)c2)C1. The zero-order chi connectivity index (χ0) is 15.6. The maximum absolute atomic E-state index is 12.5. The minimum absolute atomic E-state index is 0.109. The third-order valence-electron chi connectivity index (χ3n) is 4.17. The highest BCUT2D eigenvalue weighted by molar-refractivity contribution is 6.33. The van der Waals surface area contributed by atoms with E-state index in [1.165, 1.54) is 0 Å². The number of carbonyl (C=O) groups excluding carboxylic acids is 1. The number of amides is 1. The van der Waals surface area contributed by atoms with Crippen LogP contribution >= 0.6 is 11.6 Å². The van der Waals surface area contributed by atoms with Gasteiger partial charge in [0.05, 0.1) is 16.2 Å². The number of hydrogen-bond acceptors (Lipinski definition) is 3. The number of nitrogens with one attached hydrogen (secondary N) is 1. The highest BCUT2D eigenvalue weighted by Crippen LogP contribution is 2.32. The first-order valence-corrected chi connectivity index (χ1v) is 7.77. The molecule has 0 bridgehead atoms. The first kappa shape index (κ1) is 16.1. The molecule has 2 unspecified atom stereocenters. The molecular formula is C16H24ClN3O. The van der Waals surface area contributed by atoms with Crippen molar-refractivity contribution < 1.29 is 4.79 Å². The van der Waals surface area contributed by atoms with E-state index in [1.54, 1.807) is 6.07 Å². The van der Waals surface area contributed by atoms with Crippen molar-refractivity contribution in [1.82, 2.24) is 0 Å². The molecule has 0 heterocycles. The molecule has 1 aliphatic rings. The van der Waals surface area contributed by atoms with Gasteiger partial charge in [0.2, 0.25) is 5.91 Å². The van der Waals surface area contributed by atoms with Crippen LogP contribution < -0.4 is 16.0 Å². The Morgan fingerprint density at radius 1 is 1.48 bits per heavy atom. The molecule has 3 N–H and O–H groups in total. The second kappa shape index (κ2) is 6.24. The van der Waals surface area contributed by atoms with E-state index >= 15 is 0 Å². The largest absolute Gasteiger partial charge is 0.376 e. The van der Waals surface area contributed by atoms with Crippen LogP contribution in [0.1, 0.15) is 32.6 Å². The quantitative estimate of drug-likeness (QED) is 0.901. The fourth-order valence-corrected chi connectivity index (χ4v) is 3.35. The van der Waals surface area contributed by atoms with Crippen molar-refractivity contribution in [3.05, 3.63) is 23.2 Å².